The van der Waals surface area contributed by atoms with Crippen LogP contribution in [0.5, 0.6) is 5.75 Å². The number of esters is 2. The Labute approximate surface area is 287 Å². The van der Waals surface area contributed by atoms with Gasteiger partial charge in [0.2, 0.25) is 0 Å². The molecule has 0 N–H and O–H groups in total. The lowest BCUT2D eigenvalue weighted by Crippen LogP contribution is -2.40. The molecule has 0 fully saturated rings. The van der Waals surface area contributed by atoms with Crippen molar-refractivity contribution in [3.63, 3.8) is 0 Å². The van der Waals surface area contributed by atoms with Crippen molar-refractivity contribution >= 4 is 35.0 Å². The fourth-order valence-corrected chi connectivity index (χ4v) is 6.58. The average Bonchev–Trinajstić information content (AvgIpc) is 3.68. The molecule has 0 amide bonds. The first-order valence-corrected chi connectivity index (χ1v) is 16.9. The molecule has 0 bridgehead atoms. The first-order valence-electron chi connectivity index (χ1n) is 16.1. The number of furan rings is 1. The number of ether oxygens (including phenoxy) is 3. The van der Waals surface area contributed by atoms with Gasteiger partial charge in [-0.2, -0.15) is 0 Å². The third kappa shape index (κ3) is 7.05. The van der Waals surface area contributed by atoms with E-state index in [4.69, 9.17) is 23.6 Å². The summed E-state index contributed by atoms with van der Waals surface area (Å²) in [4.78, 5) is 46.0. The molecule has 3 heterocycles. The fraction of sp³-hybridized carbons (Fsp3) is 0.231. The Balaban J connectivity index is 1.51. The summed E-state index contributed by atoms with van der Waals surface area (Å²) >= 11 is 1.20. The number of nitrogens with zero attached hydrogens (tertiary/aromatic N) is 2. The summed E-state index contributed by atoms with van der Waals surface area (Å²) in [5.41, 5.74) is 2.75. The number of hydrogen-bond donors (Lipinski definition) is 0. The second kappa shape index (κ2) is 14.3. The van der Waals surface area contributed by atoms with E-state index in [0.717, 1.165) is 0 Å². The van der Waals surface area contributed by atoms with Gasteiger partial charge in [-0.15, -0.1) is 0 Å². The summed E-state index contributed by atoms with van der Waals surface area (Å²) in [6.07, 6.45) is 1.26. The van der Waals surface area contributed by atoms with Gasteiger partial charge in [-0.25, -0.2) is 14.6 Å². The molecule has 49 heavy (non-hydrogen) atoms. The number of fused-ring (bicyclic) bond motifs is 1. The van der Waals surface area contributed by atoms with E-state index >= 15 is 0 Å². The second-order valence-corrected chi connectivity index (χ2v) is 12.9. The topological polar surface area (TPSA) is 109 Å². The maximum atomic E-state index is 14.4. The maximum Gasteiger partial charge on any atom is 0.338 e. The van der Waals surface area contributed by atoms with Crippen molar-refractivity contribution in [1.82, 2.24) is 4.57 Å². The quantitative estimate of drug-likeness (QED) is 0.154. The fourth-order valence-electron chi connectivity index (χ4n) is 5.60. The van der Waals surface area contributed by atoms with E-state index < -0.39 is 18.0 Å². The molecule has 250 valence electrons. The van der Waals surface area contributed by atoms with Crippen LogP contribution in [0.2, 0.25) is 0 Å². The van der Waals surface area contributed by atoms with Gasteiger partial charge in [0, 0.05) is 22.8 Å². The molecule has 0 saturated carbocycles. The number of carbonyl (C=O) groups is 2. The zero-order valence-electron chi connectivity index (χ0n) is 27.8. The largest absolute Gasteiger partial charge is 0.491 e. The second-order valence-electron chi connectivity index (χ2n) is 11.9. The molecule has 0 radical (unpaired) electrons. The summed E-state index contributed by atoms with van der Waals surface area (Å²) in [5.74, 6) is 0.509. The molecule has 0 spiro atoms. The minimum Gasteiger partial charge on any atom is -0.491 e. The minimum atomic E-state index is -0.886. The average molecular weight is 677 g/mol. The summed E-state index contributed by atoms with van der Waals surface area (Å²) in [6, 6.07) is 26.4. The van der Waals surface area contributed by atoms with Crippen molar-refractivity contribution in [2.45, 2.75) is 52.9 Å². The third-order valence-corrected chi connectivity index (χ3v) is 8.56. The Morgan fingerprint density at radius 1 is 0.898 bits per heavy atom. The zero-order chi connectivity index (χ0) is 34.7. The van der Waals surface area contributed by atoms with Gasteiger partial charge in [0.15, 0.2) is 4.80 Å². The van der Waals surface area contributed by atoms with Crippen LogP contribution in [0.15, 0.2) is 111 Å². The van der Waals surface area contributed by atoms with Crippen LogP contribution in [-0.4, -0.2) is 35.3 Å². The highest BCUT2D eigenvalue weighted by Gasteiger charge is 2.36. The van der Waals surface area contributed by atoms with E-state index in [2.05, 4.69) is 0 Å². The first-order chi connectivity index (χ1) is 23.6. The Bertz CT molecular complexity index is 2220. The molecular weight excluding hydrogens is 641 g/mol. The predicted octanol–water partition coefficient (Wildman–Crippen LogP) is 6.55. The van der Waals surface area contributed by atoms with Gasteiger partial charge >= 0.3 is 11.9 Å². The molecule has 9 nitrogen and oxygen atoms in total. The van der Waals surface area contributed by atoms with Crippen molar-refractivity contribution < 1.29 is 28.2 Å². The lowest BCUT2D eigenvalue weighted by atomic mass is 9.92. The van der Waals surface area contributed by atoms with Crippen molar-refractivity contribution in [3.05, 3.63) is 139 Å². The van der Waals surface area contributed by atoms with Gasteiger partial charge in [-0.05, 0) is 65.0 Å². The third-order valence-electron chi connectivity index (χ3n) is 7.58. The van der Waals surface area contributed by atoms with Crippen LogP contribution in [0.1, 0.15) is 67.9 Å². The van der Waals surface area contributed by atoms with Crippen molar-refractivity contribution in [2.24, 2.45) is 4.99 Å². The predicted molar refractivity (Wildman–Crippen MR) is 188 cm³/mol. The standard InChI is InChI=1S/C39H36N2O7S/c1-6-45-38(44)33-34(25-13-8-7-9-14-25)40-39-41(35(33)29-17-10-11-18-31(29)46-23(2)3)36(42)32(49-39)22-28-19-20-30(48-28)26-15-12-16-27(21-26)37(43)47-24(4)5/h7-24,35H,6H2,1-5H3/b32-22+/t35-/m0/s1. The van der Waals surface area contributed by atoms with Gasteiger partial charge in [-0.3, -0.25) is 9.36 Å². The summed E-state index contributed by atoms with van der Waals surface area (Å²) < 4.78 is 25.2. The molecular formula is C39H36N2O7S. The van der Waals surface area contributed by atoms with E-state index in [1.54, 1.807) is 57.2 Å². The maximum absolute atomic E-state index is 14.4. The van der Waals surface area contributed by atoms with Crippen molar-refractivity contribution in [3.8, 4) is 17.1 Å². The van der Waals surface area contributed by atoms with E-state index in [1.165, 1.54) is 15.9 Å². The van der Waals surface area contributed by atoms with Crippen molar-refractivity contribution in [2.75, 3.05) is 6.61 Å². The van der Waals surface area contributed by atoms with Crippen LogP contribution in [-0.2, 0) is 14.3 Å². The molecule has 6 rings (SSSR count). The van der Waals surface area contributed by atoms with E-state index in [1.807, 2.05) is 74.5 Å². The number of para-hydroxylation sites is 1. The molecule has 1 aliphatic heterocycles. The lowest BCUT2D eigenvalue weighted by Gasteiger charge is -2.27. The summed E-state index contributed by atoms with van der Waals surface area (Å²) in [5, 5.41) is 0. The highest BCUT2D eigenvalue weighted by molar-refractivity contribution is 7.07. The van der Waals surface area contributed by atoms with Crippen molar-refractivity contribution in [1.29, 1.82) is 0 Å². The van der Waals surface area contributed by atoms with E-state index in [0.29, 0.717) is 54.6 Å². The van der Waals surface area contributed by atoms with Crippen LogP contribution in [0.25, 0.3) is 23.1 Å². The number of rotatable bonds is 10. The van der Waals surface area contributed by atoms with E-state index in [-0.39, 0.29) is 29.9 Å². The van der Waals surface area contributed by atoms with Gasteiger partial charge < -0.3 is 18.6 Å². The zero-order valence-corrected chi connectivity index (χ0v) is 28.7. The molecule has 0 unspecified atom stereocenters. The molecule has 2 aromatic heterocycles. The Morgan fingerprint density at radius 3 is 2.37 bits per heavy atom. The van der Waals surface area contributed by atoms with Crippen LogP contribution < -0.4 is 19.6 Å². The normalized spacial score (nSPS) is 14.5. The van der Waals surface area contributed by atoms with Crippen LogP contribution in [0.3, 0.4) is 0 Å². The molecule has 0 saturated heterocycles. The number of carbonyl (C=O) groups excluding carboxylic acids is 2. The molecule has 0 aliphatic carbocycles. The highest BCUT2D eigenvalue weighted by Crippen LogP contribution is 2.39. The van der Waals surface area contributed by atoms with Gasteiger partial charge in [-0.1, -0.05) is 72.0 Å². The summed E-state index contributed by atoms with van der Waals surface area (Å²) in [6.45, 7) is 9.33. The smallest absolute Gasteiger partial charge is 0.338 e. The molecule has 5 aromatic rings. The molecule has 1 aliphatic rings. The Morgan fingerprint density at radius 2 is 1.63 bits per heavy atom. The minimum absolute atomic E-state index is 0.147. The first kappa shape index (κ1) is 33.4. The van der Waals surface area contributed by atoms with Crippen LogP contribution in [0, 0.1) is 0 Å². The molecule has 1 atom stereocenters. The number of aromatic nitrogens is 1. The van der Waals surface area contributed by atoms with Gasteiger partial charge in [0.05, 0.1) is 40.2 Å². The number of hydrogen-bond acceptors (Lipinski definition) is 9. The Hall–Kier alpha value is -5.48. The van der Waals surface area contributed by atoms with Crippen LogP contribution in [0.4, 0.5) is 0 Å². The highest BCUT2D eigenvalue weighted by atomic mass is 32.1. The number of benzene rings is 3. The molecule has 10 heteroatoms. The number of thiazole rings is 1. The monoisotopic (exact) mass is 676 g/mol. The summed E-state index contributed by atoms with van der Waals surface area (Å²) in [7, 11) is 0. The Kier molecular flexibility index (Phi) is 9.77. The lowest BCUT2D eigenvalue weighted by molar-refractivity contribution is -0.138. The van der Waals surface area contributed by atoms with Gasteiger partial charge in [0.1, 0.15) is 23.3 Å². The SMILES string of the molecule is CCOC(=O)C1=C(c2ccccc2)N=c2s/c(=C/c3ccc(-c4cccc(C(=O)OC(C)C)c4)o3)c(=O)n2[C@H]1c1ccccc1OC(C)C. The molecule has 3 aromatic carbocycles. The van der Waals surface area contributed by atoms with E-state index in [9.17, 15) is 14.4 Å². The van der Waals surface area contributed by atoms with Gasteiger partial charge in [0.25, 0.3) is 5.56 Å². The van der Waals surface area contributed by atoms with Crippen LogP contribution >= 0.6 is 11.3 Å².